The Morgan fingerprint density at radius 1 is 1.26 bits per heavy atom. The van der Waals surface area contributed by atoms with Crippen LogP contribution < -0.4 is 25.4 Å². The summed E-state index contributed by atoms with van der Waals surface area (Å²) in [7, 11) is 0. The van der Waals surface area contributed by atoms with Gasteiger partial charge >= 0.3 is 6.03 Å². The molecule has 0 spiro atoms. The molecule has 0 bridgehead atoms. The summed E-state index contributed by atoms with van der Waals surface area (Å²) in [6.45, 7) is 10.00. The fourth-order valence-corrected chi connectivity index (χ4v) is 3.60. The predicted octanol–water partition coefficient (Wildman–Crippen LogP) is 4.43. The molecule has 0 unspecified atom stereocenters. The molecule has 1 aliphatic rings. The Kier molecular flexibility index (Phi) is 7.20. The molecule has 31 heavy (non-hydrogen) atoms. The van der Waals surface area contributed by atoms with Crippen LogP contribution >= 0.6 is 11.6 Å². The second-order valence-corrected chi connectivity index (χ2v) is 7.20. The highest BCUT2D eigenvalue weighted by Crippen LogP contribution is 2.41. The molecule has 1 heterocycles. The summed E-state index contributed by atoms with van der Waals surface area (Å²) in [5.74, 6) is -0.331. The molecular formula is C23H24ClN3O4. The lowest BCUT2D eigenvalue weighted by molar-refractivity contribution is -0.119. The third kappa shape index (κ3) is 5.19. The standard InChI is InChI=1S/C23H24ClN3O4/c1-4-11-31-21-17(24)12-15(13-18(21)30-5-2)20-19(14(3)25-23(29)27-20)22(28)26-16-9-7-6-8-10-16/h4,6-10,12-13,19-20H,1,3,5,11H2,2H3,(H,26,28)(H2,25,27,29)/t19-,20+/m1/s1. The Morgan fingerprint density at radius 3 is 2.68 bits per heavy atom. The minimum absolute atomic E-state index is 0.252. The van der Waals surface area contributed by atoms with Crippen LogP contribution in [0.4, 0.5) is 10.5 Å². The van der Waals surface area contributed by atoms with Gasteiger partial charge in [-0.15, -0.1) is 0 Å². The summed E-state index contributed by atoms with van der Waals surface area (Å²) in [4.78, 5) is 25.3. The fourth-order valence-electron chi connectivity index (χ4n) is 3.33. The van der Waals surface area contributed by atoms with E-state index in [9.17, 15) is 9.59 Å². The van der Waals surface area contributed by atoms with Crippen LogP contribution in [-0.2, 0) is 4.79 Å². The van der Waals surface area contributed by atoms with Gasteiger partial charge in [0.05, 0.1) is 17.7 Å². The topological polar surface area (TPSA) is 88.7 Å². The van der Waals surface area contributed by atoms with Crippen molar-refractivity contribution >= 4 is 29.2 Å². The van der Waals surface area contributed by atoms with Crippen LogP contribution in [-0.4, -0.2) is 25.2 Å². The Hall–Kier alpha value is -3.45. The third-order valence-corrected chi connectivity index (χ3v) is 4.91. The zero-order valence-corrected chi connectivity index (χ0v) is 17.9. The molecule has 0 aliphatic carbocycles. The molecule has 2 atom stereocenters. The smallest absolute Gasteiger partial charge is 0.319 e. The van der Waals surface area contributed by atoms with Gasteiger partial charge in [0, 0.05) is 11.4 Å². The number of ether oxygens (including phenoxy) is 2. The van der Waals surface area contributed by atoms with E-state index in [1.807, 2.05) is 25.1 Å². The maximum atomic E-state index is 13.1. The van der Waals surface area contributed by atoms with Crippen LogP contribution in [0, 0.1) is 5.92 Å². The van der Waals surface area contributed by atoms with Crippen LogP contribution in [0.2, 0.25) is 5.02 Å². The number of anilines is 1. The van der Waals surface area contributed by atoms with E-state index in [1.165, 1.54) is 0 Å². The number of carbonyl (C=O) groups excluding carboxylic acids is 2. The summed E-state index contributed by atoms with van der Waals surface area (Å²) in [5.41, 5.74) is 1.50. The van der Waals surface area contributed by atoms with Crippen LogP contribution in [0.5, 0.6) is 11.5 Å². The molecule has 0 saturated carbocycles. The van der Waals surface area contributed by atoms with Gasteiger partial charge in [-0.2, -0.15) is 0 Å². The highest BCUT2D eigenvalue weighted by atomic mass is 35.5. The molecule has 0 aromatic heterocycles. The summed E-state index contributed by atoms with van der Waals surface area (Å²) in [6, 6.07) is 11.2. The molecule has 0 radical (unpaired) electrons. The van der Waals surface area contributed by atoms with Gasteiger partial charge in [0.2, 0.25) is 5.91 Å². The summed E-state index contributed by atoms with van der Waals surface area (Å²) in [5, 5.41) is 8.53. The fraction of sp³-hybridized carbons (Fsp3) is 0.217. The molecule has 3 rings (SSSR count). The van der Waals surface area contributed by atoms with Crippen molar-refractivity contribution < 1.29 is 19.1 Å². The van der Waals surface area contributed by atoms with Gasteiger partial charge in [0.1, 0.15) is 12.5 Å². The Balaban J connectivity index is 1.98. The molecule has 1 saturated heterocycles. The maximum absolute atomic E-state index is 13.1. The second-order valence-electron chi connectivity index (χ2n) is 6.80. The molecule has 3 amide bonds. The number of amides is 3. The quantitative estimate of drug-likeness (QED) is 0.529. The number of halogens is 1. The first-order valence-electron chi connectivity index (χ1n) is 9.76. The molecule has 3 N–H and O–H groups in total. The minimum atomic E-state index is -0.789. The van der Waals surface area contributed by atoms with Crippen LogP contribution in [0.25, 0.3) is 0 Å². The summed E-state index contributed by atoms with van der Waals surface area (Å²) < 4.78 is 11.3. The Labute approximate surface area is 186 Å². The van der Waals surface area contributed by atoms with Crippen molar-refractivity contribution in [3.8, 4) is 11.5 Å². The number of carbonyl (C=O) groups is 2. The Morgan fingerprint density at radius 2 is 2.00 bits per heavy atom. The lowest BCUT2D eigenvalue weighted by Gasteiger charge is -2.34. The van der Waals surface area contributed by atoms with Crippen LogP contribution in [0.15, 0.2) is 67.4 Å². The second kappa shape index (κ2) is 10.0. The first-order valence-corrected chi connectivity index (χ1v) is 10.1. The average Bonchev–Trinajstić information content (AvgIpc) is 2.73. The summed E-state index contributed by atoms with van der Waals surface area (Å²) >= 11 is 6.46. The van der Waals surface area contributed by atoms with Gasteiger partial charge in [0.15, 0.2) is 11.5 Å². The van der Waals surface area contributed by atoms with Crippen molar-refractivity contribution in [2.75, 3.05) is 18.5 Å². The van der Waals surface area contributed by atoms with E-state index in [2.05, 4.69) is 29.1 Å². The number of nitrogens with one attached hydrogen (secondary N) is 3. The third-order valence-electron chi connectivity index (χ3n) is 4.63. The zero-order chi connectivity index (χ0) is 22.4. The van der Waals surface area contributed by atoms with Crippen LogP contribution in [0.1, 0.15) is 18.5 Å². The van der Waals surface area contributed by atoms with E-state index >= 15 is 0 Å². The Bertz CT molecular complexity index is 994. The van der Waals surface area contributed by atoms with Crippen molar-refractivity contribution in [1.29, 1.82) is 0 Å². The molecule has 8 heteroatoms. The maximum Gasteiger partial charge on any atom is 0.319 e. The number of hydrogen-bond donors (Lipinski definition) is 3. The van der Waals surface area contributed by atoms with E-state index in [0.717, 1.165) is 0 Å². The van der Waals surface area contributed by atoms with Gasteiger partial charge in [-0.05, 0) is 36.8 Å². The van der Waals surface area contributed by atoms with Gasteiger partial charge in [-0.3, -0.25) is 4.79 Å². The normalized spacial score (nSPS) is 17.9. The number of hydrogen-bond acceptors (Lipinski definition) is 4. The zero-order valence-electron chi connectivity index (χ0n) is 17.1. The predicted molar refractivity (Wildman–Crippen MR) is 120 cm³/mol. The van der Waals surface area contributed by atoms with Crippen molar-refractivity contribution in [3.63, 3.8) is 0 Å². The SMILES string of the molecule is C=CCOc1c(Cl)cc([C@@H]2NC(=O)NC(=C)[C@H]2C(=O)Nc2ccccc2)cc1OCC. The molecule has 1 aliphatic heterocycles. The van der Waals surface area contributed by atoms with Crippen molar-refractivity contribution in [2.24, 2.45) is 5.92 Å². The van der Waals surface area contributed by atoms with E-state index in [1.54, 1.807) is 30.3 Å². The largest absolute Gasteiger partial charge is 0.490 e. The minimum Gasteiger partial charge on any atom is -0.490 e. The van der Waals surface area contributed by atoms with E-state index < -0.39 is 18.0 Å². The molecule has 2 aromatic rings. The van der Waals surface area contributed by atoms with E-state index in [4.69, 9.17) is 21.1 Å². The highest BCUT2D eigenvalue weighted by molar-refractivity contribution is 6.32. The van der Waals surface area contributed by atoms with E-state index in [-0.39, 0.29) is 18.2 Å². The summed E-state index contributed by atoms with van der Waals surface area (Å²) in [6.07, 6.45) is 1.60. The van der Waals surface area contributed by atoms with Crippen molar-refractivity contribution in [1.82, 2.24) is 10.6 Å². The van der Waals surface area contributed by atoms with Gasteiger partial charge in [0.25, 0.3) is 0 Å². The van der Waals surface area contributed by atoms with Gasteiger partial charge < -0.3 is 25.4 Å². The number of urea groups is 1. The van der Waals surface area contributed by atoms with Crippen molar-refractivity contribution in [3.05, 3.63) is 78.0 Å². The lowest BCUT2D eigenvalue weighted by atomic mass is 9.88. The molecule has 7 nitrogen and oxygen atoms in total. The molecule has 2 aromatic carbocycles. The van der Waals surface area contributed by atoms with E-state index in [0.29, 0.717) is 34.4 Å². The van der Waals surface area contributed by atoms with Crippen molar-refractivity contribution in [2.45, 2.75) is 13.0 Å². The van der Waals surface area contributed by atoms with Crippen LogP contribution in [0.3, 0.4) is 0 Å². The number of para-hydroxylation sites is 1. The first-order chi connectivity index (χ1) is 14.9. The highest BCUT2D eigenvalue weighted by Gasteiger charge is 2.38. The first kappa shape index (κ1) is 22.2. The monoisotopic (exact) mass is 441 g/mol. The molecule has 162 valence electrons. The van der Waals surface area contributed by atoms with Gasteiger partial charge in [-0.25, -0.2) is 4.79 Å². The molecule has 1 fully saturated rings. The number of rotatable bonds is 8. The number of benzene rings is 2. The molecular weight excluding hydrogens is 418 g/mol. The average molecular weight is 442 g/mol. The van der Waals surface area contributed by atoms with Gasteiger partial charge in [-0.1, -0.05) is 49.0 Å². The lowest BCUT2D eigenvalue weighted by Crippen LogP contribution is -2.51.